The van der Waals surface area contributed by atoms with E-state index in [2.05, 4.69) is 15.5 Å². The van der Waals surface area contributed by atoms with Crippen LogP contribution in [0.1, 0.15) is 5.82 Å². The molecule has 0 unspecified atom stereocenters. The summed E-state index contributed by atoms with van der Waals surface area (Å²) in [6.07, 6.45) is 1.71. The third kappa shape index (κ3) is 2.56. The Morgan fingerprint density at radius 1 is 1.56 bits per heavy atom. The fourth-order valence-electron chi connectivity index (χ4n) is 1.71. The first-order chi connectivity index (χ1) is 7.79. The number of carbonyl (C=O) groups is 1. The molecule has 0 radical (unpaired) electrons. The molecule has 7 heteroatoms. The summed E-state index contributed by atoms with van der Waals surface area (Å²) in [6.45, 7) is 2.90. The fourth-order valence-corrected chi connectivity index (χ4v) is 1.71. The summed E-state index contributed by atoms with van der Waals surface area (Å²) >= 11 is 0. The van der Waals surface area contributed by atoms with Crippen LogP contribution in [0.5, 0.6) is 0 Å². The minimum absolute atomic E-state index is 0.0277. The van der Waals surface area contributed by atoms with Gasteiger partial charge in [-0.3, -0.25) is 9.69 Å². The van der Waals surface area contributed by atoms with Gasteiger partial charge in [0, 0.05) is 19.6 Å². The number of nitrogens with one attached hydrogen (secondary N) is 1. The number of fused-ring (bicyclic) bond motifs is 1. The van der Waals surface area contributed by atoms with Gasteiger partial charge in [0.05, 0.1) is 19.7 Å². The SMILES string of the molecule is O=C(CN1CCn2cnnc2C1)NCCO. The molecule has 2 heterocycles. The van der Waals surface area contributed by atoms with Gasteiger partial charge in [-0.1, -0.05) is 0 Å². The summed E-state index contributed by atoms with van der Waals surface area (Å²) in [4.78, 5) is 13.4. The second-order valence-corrected chi connectivity index (χ2v) is 3.72. The van der Waals surface area contributed by atoms with Crippen molar-refractivity contribution in [3.63, 3.8) is 0 Å². The monoisotopic (exact) mass is 225 g/mol. The highest BCUT2D eigenvalue weighted by atomic mass is 16.3. The Hall–Kier alpha value is -1.47. The topological polar surface area (TPSA) is 83.3 Å². The minimum atomic E-state index is -0.0676. The first-order valence-electron chi connectivity index (χ1n) is 5.26. The van der Waals surface area contributed by atoms with Gasteiger partial charge in [0.25, 0.3) is 0 Å². The first-order valence-corrected chi connectivity index (χ1v) is 5.26. The van der Waals surface area contributed by atoms with Crippen molar-refractivity contribution >= 4 is 5.91 Å². The fraction of sp³-hybridized carbons (Fsp3) is 0.667. The summed E-state index contributed by atoms with van der Waals surface area (Å²) in [7, 11) is 0. The van der Waals surface area contributed by atoms with E-state index in [-0.39, 0.29) is 12.5 Å². The molecule has 0 spiro atoms. The molecule has 1 aliphatic heterocycles. The molecule has 0 fully saturated rings. The molecular weight excluding hydrogens is 210 g/mol. The van der Waals surface area contributed by atoms with Crippen molar-refractivity contribution < 1.29 is 9.90 Å². The van der Waals surface area contributed by atoms with Gasteiger partial charge in [-0.25, -0.2) is 0 Å². The zero-order valence-corrected chi connectivity index (χ0v) is 8.96. The molecule has 1 aromatic heterocycles. The summed E-state index contributed by atoms with van der Waals surface area (Å²) in [5.41, 5.74) is 0. The zero-order chi connectivity index (χ0) is 11.4. The number of aliphatic hydroxyl groups is 1. The van der Waals surface area contributed by atoms with Crippen LogP contribution in [0.25, 0.3) is 0 Å². The van der Waals surface area contributed by atoms with Gasteiger partial charge < -0.3 is 15.0 Å². The van der Waals surface area contributed by atoms with Crippen LogP contribution >= 0.6 is 0 Å². The maximum atomic E-state index is 11.4. The Bertz CT molecular complexity index is 365. The molecule has 7 nitrogen and oxygen atoms in total. The van der Waals surface area contributed by atoms with Crippen LogP contribution in [0, 0.1) is 0 Å². The number of aliphatic hydroxyl groups excluding tert-OH is 1. The lowest BCUT2D eigenvalue weighted by Crippen LogP contribution is -2.41. The molecule has 0 saturated heterocycles. The predicted molar refractivity (Wildman–Crippen MR) is 55.4 cm³/mol. The average Bonchev–Trinajstić information content (AvgIpc) is 2.73. The van der Waals surface area contributed by atoms with Crippen molar-refractivity contribution in [2.24, 2.45) is 0 Å². The largest absolute Gasteiger partial charge is 0.395 e. The van der Waals surface area contributed by atoms with Crippen LogP contribution in [-0.4, -0.2) is 56.9 Å². The van der Waals surface area contributed by atoms with E-state index >= 15 is 0 Å². The molecule has 0 aliphatic carbocycles. The maximum absolute atomic E-state index is 11.4. The van der Waals surface area contributed by atoms with E-state index in [1.165, 1.54) is 0 Å². The van der Waals surface area contributed by atoms with Crippen molar-refractivity contribution in [1.82, 2.24) is 25.0 Å². The van der Waals surface area contributed by atoms with Crippen LogP contribution in [-0.2, 0) is 17.9 Å². The van der Waals surface area contributed by atoms with Crippen molar-refractivity contribution in [3.05, 3.63) is 12.2 Å². The van der Waals surface area contributed by atoms with Gasteiger partial charge in [-0.05, 0) is 0 Å². The molecule has 2 N–H and O–H groups in total. The van der Waals surface area contributed by atoms with Gasteiger partial charge in [-0.2, -0.15) is 0 Å². The molecule has 88 valence electrons. The molecule has 0 bridgehead atoms. The number of nitrogens with zero attached hydrogens (tertiary/aromatic N) is 4. The first kappa shape index (κ1) is 11.0. The molecule has 0 aromatic carbocycles. The standard InChI is InChI=1S/C9H15N5O2/c15-4-1-10-9(16)6-13-2-3-14-7-11-12-8(14)5-13/h7,15H,1-6H2,(H,10,16). The van der Waals surface area contributed by atoms with Crippen LogP contribution in [0.2, 0.25) is 0 Å². The van der Waals surface area contributed by atoms with Crippen molar-refractivity contribution in [2.45, 2.75) is 13.1 Å². The summed E-state index contributed by atoms with van der Waals surface area (Å²) < 4.78 is 1.99. The summed E-state index contributed by atoms with van der Waals surface area (Å²) in [5, 5.41) is 19.0. The Morgan fingerprint density at radius 2 is 2.44 bits per heavy atom. The van der Waals surface area contributed by atoms with Crippen molar-refractivity contribution in [2.75, 3.05) is 26.2 Å². The van der Waals surface area contributed by atoms with E-state index in [9.17, 15) is 4.79 Å². The molecule has 0 atom stereocenters. The van der Waals surface area contributed by atoms with E-state index in [4.69, 9.17) is 5.11 Å². The normalized spacial score (nSPS) is 15.8. The molecule has 1 amide bonds. The maximum Gasteiger partial charge on any atom is 0.234 e. The van der Waals surface area contributed by atoms with E-state index in [0.717, 1.165) is 18.9 Å². The lowest BCUT2D eigenvalue weighted by Gasteiger charge is -2.26. The highest BCUT2D eigenvalue weighted by Crippen LogP contribution is 2.07. The Labute approximate surface area is 93.1 Å². The predicted octanol–water partition coefficient (Wildman–Crippen LogP) is -1.80. The third-order valence-corrected chi connectivity index (χ3v) is 2.52. The number of aromatic nitrogens is 3. The third-order valence-electron chi connectivity index (χ3n) is 2.52. The number of carbonyl (C=O) groups excluding carboxylic acids is 1. The van der Waals surface area contributed by atoms with E-state index < -0.39 is 0 Å². The quantitative estimate of drug-likeness (QED) is 0.632. The summed E-state index contributed by atoms with van der Waals surface area (Å²) in [6, 6.07) is 0. The second-order valence-electron chi connectivity index (χ2n) is 3.72. The lowest BCUT2D eigenvalue weighted by atomic mass is 10.3. The van der Waals surface area contributed by atoms with Crippen molar-refractivity contribution in [1.29, 1.82) is 0 Å². The highest BCUT2D eigenvalue weighted by molar-refractivity contribution is 5.77. The van der Waals surface area contributed by atoms with Crippen molar-refractivity contribution in [3.8, 4) is 0 Å². The minimum Gasteiger partial charge on any atom is -0.395 e. The highest BCUT2D eigenvalue weighted by Gasteiger charge is 2.18. The number of amides is 1. The van der Waals surface area contributed by atoms with Crippen LogP contribution in [0.15, 0.2) is 6.33 Å². The van der Waals surface area contributed by atoms with E-state index in [1.54, 1.807) is 6.33 Å². The van der Waals surface area contributed by atoms with Gasteiger partial charge >= 0.3 is 0 Å². The molecule has 1 aromatic rings. The molecule has 0 saturated carbocycles. The van der Waals surface area contributed by atoms with E-state index in [0.29, 0.717) is 19.6 Å². The summed E-state index contributed by atoms with van der Waals surface area (Å²) in [5.74, 6) is 0.822. The molecular formula is C9H15N5O2. The lowest BCUT2D eigenvalue weighted by molar-refractivity contribution is -0.122. The van der Waals surface area contributed by atoms with Crippen LogP contribution < -0.4 is 5.32 Å². The Kier molecular flexibility index (Phi) is 3.47. The molecule has 16 heavy (non-hydrogen) atoms. The average molecular weight is 225 g/mol. The number of hydrogen-bond donors (Lipinski definition) is 2. The van der Waals surface area contributed by atoms with E-state index in [1.807, 2.05) is 9.47 Å². The van der Waals surface area contributed by atoms with Gasteiger partial charge in [0.2, 0.25) is 5.91 Å². The smallest absolute Gasteiger partial charge is 0.234 e. The Balaban J connectivity index is 1.82. The van der Waals surface area contributed by atoms with Gasteiger partial charge in [-0.15, -0.1) is 10.2 Å². The molecule has 2 rings (SSSR count). The molecule has 1 aliphatic rings. The van der Waals surface area contributed by atoms with Crippen LogP contribution in [0.3, 0.4) is 0 Å². The van der Waals surface area contributed by atoms with Crippen LogP contribution in [0.4, 0.5) is 0 Å². The second kappa shape index (κ2) is 5.04. The number of rotatable bonds is 4. The Morgan fingerprint density at radius 3 is 3.25 bits per heavy atom. The van der Waals surface area contributed by atoms with Gasteiger partial charge in [0.1, 0.15) is 12.2 Å². The van der Waals surface area contributed by atoms with Gasteiger partial charge in [0.15, 0.2) is 0 Å². The zero-order valence-electron chi connectivity index (χ0n) is 8.96. The number of hydrogen-bond acceptors (Lipinski definition) is 5.